The number of anilines is 1. The normalized spacial score (nSPS) is 10.7. The molecule has 1 aromatic heterocycles. The summed E-state index contributed by atoms with van der Waals surface area (Å²) < 4.78 is 13.1. The van der Waals surface area contributed by atoms with Crippen LogP contribution in [0.2, 0.25) is 0 Å². The lowest BCUT2D eigenvalue weighted by atomic mass is 10.2. The fraction of sp³-hybridized carbons (Fsp3) is 0.130. The quantitative estimate of drug-likeness (QED) is 0.491. The maximum Gasteiger partial charge on any atom is 0.226 e. The lowest BCUT2D eigenvalue weighted by Crippen LogP contribution is -2.14. The number of hydrogen-bond donors (Lipinski definition) is 1. The van der Waals surface area contributed by atoms with Gasteiger partial charge in [-0.1, -0.05) is 24.3 Å². The molecule has 4 rings (SSSR count). The van der Waals surface area contributed by atoms with Crippen molar-refractivity contribution in [2.24, 2.45) is 0 Å². The van der Waals surface area contributed by atoms with Gasteiger partial charge in [0.1, 0.15) is 5.75 Å². The van der Waals surface area contributed by atoms with Crippen LogP contribution in [0.1, 0.15) is 6.42 Å². The molecule has 0 bridgehead atoms. The van der Waals surface area contributed by atoms with Crippen LogP contribution < -0.4 is 14.8 Å². The molecule has 0 saturated heterocycles. The van der Waals surface area contributed by atoms with E-state index in [2.05, 4.69) is 10.3 Å². The molecule has 1 heterocycles. The third-order valence-electron chi connectivity index (χ3n) is 4.54. The number of carbonyl (C=O) groups excluding carboxylic acids is 1. The first kappa shape index (κ1) is 18.6. The summed E-state index contributed by atoms with van der Waals surface area (Å²) >= 11 is 0. The summed E-state index contributed by atoms with van der Waals surface area (Å²) in [5.41, 5.74) is 2.68. The second-order valence-electron chi connectivity index (χ2n) is 6.50. The van der Waals surface area contributed by atoms with Crippen LogP contribution in [-0.4, -0.2) is 22.6 Å². The van der Waals surface area contributed by atoms with Crippen molar-refractivity contribution in [1.82, 2.24) is 9.55 Å². The number of carbonyl (C=O) groups is 1. The fourth-order valence-electron chi connectivity index (χ4n) is 3.07. The molecule has 0 fully saturated rings. The molecular weight excluding hydrogens is 366 g/mol. The predicted molar refractivity (Wildman–Crippen MR) is 112 cm³/mol. The van der Waals surface area contributed by atoms with Gasteiger partial charge in [-0.3, -0.25) is 4.79 Å². The molecule has 3 aromatic carbocycles. The maximum atomic E-state index is 12.3. The van der Waals surface area contributed by atoms with Gasteiger partial charge in [0, 0.05) is 18.7 Å². The second-order valence-corrected chi connectivity index (χ2v) is 6.50. The van der Waals surface area contributed by atoms with E-state index in [0.717, 1.165) is 16.7 Å². The number of fused-ring (bicyclic) bond motifs is 1. The number of para-hydroxylation sites is 4. The van der Waals surface area contributed by atoms with E-state index < -0.39 is 0 Å². The summed E-state index contributed by atoms with van der Waals surface area (Å²) in [6, 6.07) is 22.6. The Morgan fingerprint density at radius 3 is 2.48 bits per heavy atom. The first-order valence-electron chi connectivity index (χ1n) is 9.33. The first-order chi connectivity index (χ1) is 14.2. The zero-order valence-electron chi connectivity index (χ0n) is 16.0. The van der Waals surface area contributed by atoms with Crippen molar-refractivity contribution in [2.45, 2.75) is 13.0 Å². The Labute approximate surface area is 168 Å². The predicted octanol–water partition coefficient (Wildman–Crippen LogP) is 4.87. The summed E-state index contributed by atoms with van der Waals surface area (Å²) in [6.07, 6.45) is 2.13. The summed E-state index contributed by atoms with van der Waals surface area (Å²) in [4.78, 5) is 16.7. The van der Waals surface area contributed by atoms with E-state index in [0.29, 0.717) is 30.2 Å². The van der Waals surface area contributed by atoms with Crippen LogP contribution >= 0.6 is 0 Å². The Hall–Kier alpha value is -3.80. The Kier molecular flexibility index (Phi) is 5.42. The van der Waals surface area contributed by atoms with Gasteiger partial charge < -0.3 is 19.4 Å². The third-order valence-corrected chi connectivity index (χ3v) is 4.54. The zero-order valence-corrected chi connectivity index (χ0v) is 16.0. The average molecular weight is 387 g/mol. The number of ether oxygens (including phenoxy) is 2. The Balaban J connectivity index is 1.34. The Bertz CT molecular complexity index is 1120. The molecule has 0 unspecified atom stereocenters. The van der Waals surface area contributed by atoms with Crippen LogP contribution in [0.15, 0.2) is 79.1 Å². The highest BCUT2D eigenvalue weighted by molar-refractivity contribution is 5.90. The highest BCUT2D eigenvalue weighted by Crippen LogP contribution is 2.31. The van der Waals surface area contributed by atoms with Gasteiger partial charge in [0.25, 0.3) is 0 Å². The standard InChI is InChI=1S/C23H21N3O3/c1-28-21-8-4-5-9-22(21)29-18-12-10-17(11-13-18)25-23(27)14-15-26-16-24-19-6-2-3-7-20(19)26/h2-13,16H,14-15H2,1H3,(H,25,27). The van der Waals surface area contributed by atoms with Gasteiger partial charge in [0.2, 0.25) is 5.91 Å². The number of rotatable bonds is 7. The summed E-state index contributed by atoms with van der Waals surface area (Å²) in [7, 11) is 1.60. The van der Waals surface area contributed by atoms with Crippen LogP contribution in [0.25, 0.3) is 11.0 Å². The van der Waals surface area contributed by atoms with Crippen LogP contribution in [0.5, 0.6) is 17.2 Å². The zero-order chi connectivity index (χ0) is 20.1. The topological polar surface area (TPSA) is 65.4 Å². The SMILES string of the molecule is COc1ccccc1Oc1ccc(NC(=O)CCn2cnc3ccccc32)cc1. The molecule has 0 atom stereocenters. The number of amides is 1. The van der Waals surface area contributed by atoms with Gasteiger partial charge >= 0.3 is 0 Å². The fourth-order valence-corrected chi connectivity index (χ4v) is 3.07. The van der Waals surface area contributed by atoms with Crippen molar-refractivity contribution in [3.05, 3.63) is 79.1 Å². The largest absolute Gasteiger partial charge is 0.493 e. The van der Waals surface area contributed by atoms with E-state index in [1.54, 1.807) is 13.4 Å². The molecule has 4 aromatic rings. The van der Waals surface area contributed by atoms with Crippen molar-refractivity contribution in [2.75, 3.05) is 12.4 Å². The Morgan fingerprint density at radius 1 is 0.966 bits per heavy atom. The molecule has 1 amide bonds. The monoisotopic (exact) mass is 387 g/mol. The first-order valence-corrected chi connectivity index (χ1v) is 9.33. The molecule has 0 aliphatic heterocycles. The molecule has 1 N–H and O–H groups in total. The average Bonchev–Trinajstić information content (AvgIpc) is 3.17. The molecule has 0 aliphatic rings. The molecule has 29 heavy (non-hydrogen) atoms. The smallest absolute Gasteiger partial charge is 0.226 e. The highest BCUT2D eigenvalue weighted by atomic mass is 16.5. The van der Waals surface area contributed by atoms with E-state index in [1.165, 1.54) is 0 Å². The lowest BCUT2D eigenvalue weighted by Gasteiger charge is -2.11. The molecule has 0 aliphatic carbocycles. The van der Waals surface area contributed by atoms with Gasteiger partial charge in [-0.05, 0) is 48.5 Å². The number of aromatic nitrogens is 2. The van der Waals surface area contributed by atoms with Crippen molar-refractivity contribution >= 4 is 22.6 Å². The number of nitrogens with one attached hydrogen (secondary N) is 1. The highest BCUT2D eigenvalue weighted by Gasteiger charge is 2.07. The van der Waals surface area contributed by atoms with Gasteiger partial charge in [-0.25, -0.2) is 4.98 Å². The summed E-state index contributed by atoms with van der Waals surface area (Å²) in [5.74, 6) is 1.91. The molecule has 0 spiro atoms. The maximum absolute atomic E-state index is 12.3. The van der Waals surface area contributed by atoms with Crippen molar-refractivity contribution in [3.63, 3.8) is 0 Å². The van der Waals surface area contributed by atoms with E-state index in [4.69, 9.17) is 9.47 Å². The van der Waals surface area contributed by atoms with Crippen LogP contribution in [0.4, 0.5) is 5.69 Å². The van der Waals surface area contributed by atoms with Crippen molar-refractivity contribution in [1.29, 1.82) is 0 Å². The number of hydrogen-bond acceptors (Lipinski definition) is 4. The molecule has 146 valence electrons. The number of imidazole rings is 1. The minimum Gasteiger partial charge on any atom is -0.493 e. The van der Waals surface area contributed by atoms with E-state index in [9.17, 15) is 4.79 Å². The Morgan fingerprint density at radius 2 is 1.69 bits per heavy atom. The van der Waals surface area contributed by atoms with Gasteiger partial charge in [0.15, 0.2) is 11.5 Å². The molecule has 0 saturated carbocycles. The lowest BCUT2D eigenvalue weighted by molar-refractivity contribution is -0.116. The third kappa shape index (κ3) is 4.38. The molecule has 6 heteroatoms. The van der Waals surface area contributed by atoms with Gasteiger partial charge in [-0.15, -0.1) is 0 Å². The van der Waals surface area contributed by atoms with E-state index in [1.807, 2.05) is 77.4 Å². The number of benzene rings is 3. The minimum absolute atomic E-state index is 0.0545. The van der Waals surface area contributed by atoms with Crippen molar-refractivity contribution < 1.29 is 14.3 Å². The van der Waals surface area contributed by atoms with E-state index in [-0.39, 0.29) is 5.91 Å². The summed E-state index contributed by atoms with van der Waals surface area (Å²) in [6.45, 7) is 0.571. The number of methoxy groups -OCH3 is 1. The van der Waals surface area contributed by atoms with Gasteiger partial charge in [-0.2, -0.15) is 0 Å². The van der Waals surface area contributed by atoms with Crippen LogP contribution in [0.3, 0.4) is 0 Å². The van der Waals surface area contributed by atoms with Crippen LogP contribution in [0, 0.1) is 0 Å². The number of nitrogens with zero attached hydrogens (tertiary/aromatic N) is 2. The second kappa shape index (κ2) is 8.48. The van der Waals surface area contributed by atoms with Gasteiger partial charge in [0.05, 0.1) is 24.5 Å². The number of aryl methyl sites for hydroxylation is 1. The van der Waals surface area contributed by atoms with E-state index >= 15 is 0 Å². The van der Waals surface area contributed by atoms with Crippen molar-refractivity contribution in [3.8, 4) is 17.2 Å². The summed E-state index contributed by atoms with van der Waals surface area (Å²) in [5, 5.41) is 2.91. The minimum atomic E-state index is -0.0545. The molecular formula is C23H21N3O3. The molecule has 0 radical (unpaired) electrons. The van der Waals surface area contributed by atoms with Crippen LogP contribution in [-0.2, 0) is 11.3 Å². The molecule has 6 nitrogen and oxygen atoms in total.